The summed E-state index contributed by atoms with van der Waals surface area (Å²) in [7, 11) is 0. The molecular formula is C13H15NO6. The summed E-state index contributed by atoms with van der Waals surface area (Å²) in [6.45, 7) is 1.81. The SMILES string of the molecule is CC1(O)CC1COCC(=O)Oc1ccc([N+](=O)[O-])cc1. The van der Waals surface area contributed by atoms with Gasteiger partial charge >= 0.3 is 5.97 Å². The Labute approximate surface area is 115 Å². The number of carbonyl (C=O) groups excluding carboxylic acids is 1. The van der Waals surface area contributed by atoms with Crippen LogP contribution in [0.4, 0.5) is 5.69 Å². The van der Waals surface area contributed by atoms with E-state index in [1.807, 2.05) is 0 Å². The van der Waals surface area contributed by atoms with Crippen molar-refractivity contribution in [2.45, 2.75) is 18.9 Å². The average molecular weight is 281 g/mol. The molecule has 1 fully saturated rings. The second-order valence-corrected chi connectivity index (χ2v) is 5.00. The molecule has 0 bridgehead atoms. The molecule has 7 nitrogen and oxygen atoms in total. The lowest BCUT2D eigenvalue weighted by atomic mass is 10.3. The van der Waals surface area contributed by atoms with Crippen LogP contribution in [0.15, 0.2) is 24.3 Å². The van der Waals surface area contributed by atoms with E-state index in [1.165, 1.54) is 24.3 Å². The summed E-state index contributed by atoms with van der Waals surface area (Å²) in [6.07, 6.45) is 0.671. The fourth-order valence-electron chi connectivity index (χ4n) is 1.76. The number of aliphatic hydroxyl groups is 1. The first-order valence-electron chi connectivity index (χ1n) is 6.14. The van der Waals surface area contributed by atoms with Gasteiger partial charge in [0, 0.05) is 18.1 Å². The van der Waals surface area contributed by atoms with Gasteiger partial charge in [-0.3, -0.25) is 10.1 Å². The van der Waals surface area contributed by atoms with Gasteiger partial charge in [-0.2, -0.15) is 0 Å². The highest BCUT2D eigenvalue weighted by Gasteiger charge is 2.48. The lowest BCUT2D eigenvalue weighted by Gasteiger charge is -2.06. The Bertz CT molecular complexity index is 510. The minimum Gasteiger partial charge on any atom is -0.425 e. The van der Waals surface area contributed by atoms with Gasteiger partial charge in [0.25, 0.3) is 5.69 Å². The molecule has 1 aromatic rings. The van der Waals surface area contributed by atoms with Crippen LogP contribution in [0.25, 0.3) is 0 Å². The van der Waals surface area contributed by atoms with Crippen LogP contribution in [0.1, 0.15) is 13.3 Å². The van der Waals surface area contributed by atoms with Gasteiger partial charge in [-0.15, -0.1) is 0 Å². The number of esters is 1. The fourth-order valence-corrected chi connectivity index (χ4v) is 1.76. The Kier molecular flexibility index (Phi) is 4.01. The monoisotopic (exact) mass is 281 g/mol. The third-order valence-corrected chi connectivity index (χ3v) is 3.20. The van der Waals surface area contributed by atoms with Crippen molar-refractivity contribution in [2.75, 3.05) is 13.2 Å². The number of benzene rings is 1. The minimum atomic E-state index is -0.678. The second kappa shape index (κ2) is 5.56. The molecule has 0 amide bonds. The first-order valence-corrected chi connectivity index (χ1v) is 6.14. The zero-order valence-corrected chi connectivity index (χ0v) is 10.9. The van der Waals surface area contributed by atoms with Gasteiger partial charge in [0.1, 0.15) is 12.4 Å². The summed E-state index contributed by atoms with van der Waals surface area (Å²) in [5, 5.41) is 20.0. The molecule has 2 atom stereocenters. The van der Waals surface area contributed by atoms with Crippen molar-refractivity contribution in [3.8, 4) is 5.75 Å². The minimum absolute atomic E-state index is 0.0645. The maximum absolute atomic E-state index is 11.5. The molecule has 108 valence electrons. The summed E-state index contributed by atoms with van der Waals surface area (Å²) in [5.74, 6) is -0.295. The van der Waals surface area contributed by atoms with E-state index in [0.717, 1.165) is 0 Å². The zero-order chi connectivity index (χ0) is 14.8. The van der Waals surface area contributed by atoms with E-state index < -0.39 is 16.5 Å². The summed E-state index contributed by atoms with van der Waals surface area (Å²) in [5.41, 5.74) is -0.751. The first kappa shape index (κ1) is 14.4. The molecule has 7 heteroatoms. The Hall–Kier alpha value is -1.99. The summed E-state index contributed by atoms with van der Waals surface area (Å²) < 4.78 is 10.1. The number of carbonyl (C=O) groups is 1. The molecule has 0 saturated heterocycles. The second-order valence-electron chi connectivity index (χ2n) is 5.00. The first-order chi connectivity index (χ1) is 9.38. The molecule has 1 aliphatic rings. The highest BCUT2D eigenvalue weighted by atomic mass is 16.6. The van der Waals surface area contributed by atoms with Crippen LogP contribution >= 0.6 is 0 Å². The molecule has 1 aliphatic carbocycles. The van der Waals surface area contributed by atoms with E-state index in [2.05, 4.69) is 0 Å². The van der Waals surface area contributed by atoms with Crippen LogP contribution in [0.3, 0.4) is 0 Å². The number of rotatable bonds is 6. The molecular weight excluding hydrogens is 266 g/mol. The number of hydrogen-bond acceptors (Lipinski definition) is 6. The van der Waals surface area contributed by atoms with Gasteiger partial charge in [-0.05, 0) is 25.5 Å². The van der Waals surface area contributed by atoms with Gasteiger partial charge in [-0.1, -0.05) is 0 Å². The summed E-state index contributed by atoms with van der Waals surface area (Å²) >= 11 is 0. The summed E-state index contributed by atoms with van der Waals surface area (Å²) in [6, 6.07) is 5.21. The van der Waals surface area contributed by atoms with Crippen molar-refractivity contribution in [1.29, 1.82) is 0 Å². The van der Waals surface area contributed by atoms with Crippen molar-refractivity contribution < 1.29 is 24.3 Å². The molecule has 0 spiro atoms. The number of nitrogens with zero attached hydrogens (tertiary/aromatic N) is 1. The molecule has 20 heavy (non-hydrogen) atoms. The molecule has 1 saturated carbocycles. The van der Waals surface area contributed by atoms with Crippen LogP contribution in [0, 0.1) is 16.0 Å². The predicted octanol–water partition coefficient (Wildman–Crippen LogP) is 1.29. The fraction of sp³-hybridized carbons (Fsp3) is 0.462. The highest BCUT2D eigenvalue weighted by Crippen LogP contribution is 2.42. The molecule has 0 radical (unpaired) electrons. The van der Waals surface area contributed by atoms with Crippen molar-refractivity contribution in [3.63, 3.8) is 0 Å². The smallest absolute Gasteiger partial charge is 0.337 e. The third-order valence-electron chi connectivity index (χ3n) is 3.20. The van der Waals surface area contributed by atoms with E-state index in [-0.39, 0.29) is 24.0 Å². The van der Waals surface area contributed by atoms with E-state index in [9.17, 15) is 20.0 Å². The molecule has 0 aliphatic heterocycles. The molecule has 1 aromatic carbocycles. The van der Waals surface area contributed by atoms with Gasteiger partial charge in [-0.25, -0.2) is 4.79 Å². The predicted molar refractivity (Wildman–Crippen MR) is 68.3 cm³/mol. The van der Waals surface area contributed by atoms with E-state index in [0.29, 0.717) is 13.0 Å². The average Bonchev–Trinajstić information content (AvgIpc) is 2.97. The van der Waals surface area contributed by atoms with Crippen LogP contribution in [-0.2, 0) is 9.53 Å². The maximum atomic E-state index is 11.5. The molecule has 2 rings (SSSR count). The molecule has 1 N–H and O–H groups in total. The number of nitro benzene ring substituents is 1. The van der Waals surface area contributed by atoms with Crippen molar-refractivity contribution in [3.05, 3.63) is 34.4 Å². The van der Waals surface area contributed by atoms with E-state index in [4.69, 9.17) is 9.47 Å². The standard InChI is InChI=1S/C13H15NO6/c1-13(16)6-9(13)7-19-8-12(15)20-11-4-2-10(3-5-11)14(17)18/h2-5,9,16H,6-8H2,1H3. The lowest BCUT2D eigenvalue weighted by Crippen LogP contribution is -2.18. The van der Waals surface area contributed by atoms with Crippen LogP contribution in [0.5, 0.6) is 5.75 Å². The zero-order valence-electron chi connectivity index (χ0n) is 10.9. The van der Waals surface area contributed by atoms with E-state index in [1.54, 1.807) is 6.92 Å². The summed E-state index contributed by atoms with van der Waals surface area (Å²) in [4.78, 5) is 21.4. The molecule has 0 aromatic heterocycles. The normalized spacial score (nSPS) is 24.2. The largest absolute Gasteiger partial charge is 0.425 e. The number of hydrogen-bond donors (Lipinski definition) is 1. The maximum Gasteiger partial charge on any atom is 0.337 e. The van der Waals surface area contributed by atoms with Gasteiger partial charge < -0.3 is 14.6 Å². The lowest BCUT2D eigenvalue weighted by molar-refractivity contribution is -0.384. The Morgan fingerprint density at radius 3 is 2.60 bits per heavy atom. The molecule has 2 unspecified atom stereocenters. The number of non-ortho nitro benzene ring substituents is 1. The van der Waals surface area contributed by atoms with Crippen LogP contribution < -0.4 is 4.74 Å². The third kappa shape index (κ3) is 3.75. The molecule has 0 heterocycles. The van der Waals surface area contributed by atoms with Gasteiger partial charge in [0.15, 0.2) is 0 Å². The highest BCUT2D eigenvalue weighted by molar-refractivity contribution is 5.73. The van der Waals surface area contributed by atoms with Crippen LogP contribution in [-0.4, -0.2) is 34.8 Å². The van der Waals surface area contributed by atoms with E-state index >= 15 is 0 Å². The van der Waals surface area contributed by atoms with Crippen molar-refractivity contribution in [2.24, 2.45) is 5.92 Å². The van der Waals surface area contributed by atoms with Crippen molar-refractivity contribution in [1.82, 2.24) is 0 Å². The van der Waals surface area contributed by atoms with Crippen LogP contribution in [0.2, 0.25) is 0 Å². The number of ether oxygens (including phenoxy) is 2. The Balaban J connectivity index is 1.72. The van der Waals surface area contributed by atoms with Gasteiger partial charge in [0.2, 0.25) is 0 Å². The van der Waals surface area contributed by atoms with Gasteiger partial charge in [0.05, 0.1) is 17.1 Å². The topological polar surface area (TPSA) is 98.9 Å². The quantitative estimate of drug-likeness (QED) is 0.365. The Morgan fingerprint density at radius 1 is 1.50 bits per heavy atom. The Morgan fingerprint density at radius 2 is 2.10 bits per heavy atom. The van der Waals surface area contributed by atoms with Crippen molar-refractivity contribution >= 4 is 11.7 Å². The number of nitro groups is 1.